The molecule has 1 N–H and O–H groups in total. The lowest BCUT2D eigenvalue weighted by Gasteiger charge is -2.14. The van der Waals surface area contributed by atoms with E-state index in [1.807, 2.05) is 31.2 Å². The van der Waals surface area contributed by atoms with E-state index in [0.29, 0.717) is 24.7 Å². The quantitative estimate of drug-likeness (QED) is 0.943. The van der Waals surface area contributed by atoms with Crippen molar-refractivity contribution in [1.82, 2.24) is 9.88 Å². The second kappa shape index (κ2) is 5.77. The first-order valence-corrected chi connectivity index (χ1v) is 7.25. The van der Waals surface area contributed by atoms with Crippen molar-refractivity contribution in [2.45, 2.75) is 13.0 Å². The van der Waals surface area contributed by atoms with Gasteiger partial charge in [-0.2, -0.15) is 0 Å². The van der Waals surface area contributed by atoms with Gasteiger partial charge in [-0.3, -0.25) is 4.98 Å². The van der Waals surface area contributed by atoms with Crippen molar-refractivity contribution in [2.24, 2.45) is 0 Å². The van der Waals surface area contributed by atoms with E-state index in [1.165, 1.54) is 0 Å². The molecule has 5 nitrogen and oxygen atoms in total. The van der Waals surface area contributed by atoms with E-state index in [0.717, 1.165) is 16.6 Å². The summed E-state index contributed by atoms with van der Waals surface area (Å²) in [6, 6.07) is 7.54. The molecule has 1 fully saturated rings. The highest BCUT2D eigenvalue weighted by Crippen LogP contribution is 2.24. The number of nitrogens with zero attached hydrogens (tertiary/aromatic N) is 2. The van der Waals surface area contributed by atoms with Gasteiger partial charge in [-0.25, -0.2) is 4.79 Å². The van der Waals surface area contributed by atoms with Gasteiger partial charge in [-0.05, 0) is 31.2 Å². The number of amides is 1. The van der Waals surface area contributed by atoms with Crippen LogP contribution in [0, 0.1) is 0 Å². The van der Waals surface area contributed by atoms with Crippen molar-refractivity contribution >= 4 is 34.3 Å². The number of rotatable bonds is 4. The van der Waals surface area contributed by atoms with Crippen molar-refractivity contribution in [3.05, 3.63) is 35.5 Å². The zero-order chi connectivity index (χ0) is 14.8. The molecular formula is C15H16ClN3O2. The Hall–Kier alpha value is -2.01. The van der Waals surface area contributed by atoms with Crippen LogP contribution in [0.1, 0.15) is 6.92 Å². The molecule has 0 bridgehead atoms. The molecule has 0 spiro atoms. The maximum atomic E-state index is 11.5. The fourth-order valence-electron chi connectivity index (χ4n) is 2.45. The summed E-state index contributed by atoms with van der Waals surface area (Å²) >= 11 is 5.97. The number of benzene rings is 1. The van der Waals surface area contributed by atoms with Crippen LogP contribution in [0.15, 0.2) is 30.5 Å². The Morgan fingerprint density at radius 2 is 2.33 bits per heavy atom. The minimum absolute atomic E-state index is 0.0265. The average Bonchev–Trinajstić information content (AvgIpc) is 2.77. The molecule has 2 aromatic rings. The van der Waals surface area contributed by atoms with Crippen molar-refractivity contribution in [1.29, 1.82) is 0 Å². The Morgan fingerprint density at radius 1 is 1.48 bits per heavy atom. The highest BCUT2D eigenvalue weighted by Gasteiger charge is 2.27. The number of cyclic esters (lactones) is 1. The van der Waals surface area contributed by atoms with E-state index >= 15 is 0 Å². The van der Waals surface area contributed by atoms with Gasteiger partial charge in [0.2, 0.25) is 0 Å². The average molecular weight is 306 g/mol. The Bertz CT molecular complexity index is 677. The molecule has 1 atom stereocenters. The molecule has 1 aliphatic heterocycles. The second-order valence-electron chi connectivity index (χ2n) is 5.09. The zero-order valence-corrected chi connectivity index (χ0v) is 12.4. The van der Waals surface area contributed by atoms with Gasteiger partial charge >= 0.3 is 6.09 Å². The van der Waals surface area contributed by atoms with Gasteiger partial charge < -0.3 is 15.0 Å². The van der Waals surface area contributed by atoms with Crippen molar-refractivity contribution in [2.75, 3.05) is 25.0 Å². The van der Waals surface area contributed by atoms with Gasteiger partial charge in [-0.1, -0.05) is 11.6 Å². The number of hydrogen-bond donors (Lipinski definition) is 1. The molecule has 1 aromatic carbocycles. The number of fused-ring (bicyclic) bond motifs is 1. The molecule has 0 saturated carbocycles. The molecule has 0 aliphatic carbocycles. The number of hydrogen-bond acceptors (Lipinski definition) is 4. The Balaban J connectivity index is 1.67. The van der Waals surface area contributed by atoms with E-state index in [-0.39, 0.29) is 12.2 Å². The number of carbonyl (C=O) groups excluding carboxylic acids is 1. The minimum atomic E-state index is -0.240. The molecular weight excluding hydrogens is 290 g/mol. The summed E-state index contributed by atoms with van der Waals surface area (Å²) in [5, 5.41) is 5.02. The summed E-state index contributed by atoms with van der Waals surface area (Å²) in [5.41, 5.74) is 1.83. The van der Waals surface area contributed by atoms with Gasteiger partial charge in [0.15, 0.2) is 0 Å². The van der Waals surface area contributed by atoms with Crippen LogP contribution in [-0.4, -0.2) is 41.7 Å². The first-order valence-electron chi connectivity index (χ1n) is 6.87. The first kappa shape index (κ1) is 13.9. The van der Waals surface area contributed by atoms with Gasteiger partial charge in [-0.15, -0.1) is 0 Å². The lowest BCUT2D eigenvalue weighted by Crippen LogP contribution is -2.30. The lowest BCUT2D eigenvalue weighted by atomic mass is 10.2. The Labute approximate surface area is 127 Å². The number of nitrogens with one attached hydrogen (secondary N) is 1. The Kier molecular flexibility index (Phi) is 3.84. The zero-order valence-electron chi connectivity index (χ0n) is 11.7. The normalized spacial score (nSPS) is 18.1. The lowest BCUT2D eigenvalue weighted by molar-refractivity contribution is 0.139. The molecule has 1 amide bonds. The topological polar surface area (TPSA) is 54.5 Å². The van der Waals surface area contributed by atoms with Gasteiger partial charge in [0.1, 0.15) is 6.10 Å². The number of aromatic nitrogens is 1. The number of carbonyl (C=O) groups is 1. The standard InChI is InChI=1S/C15H16ClN3O2/c1-10-9-19(15(20)21-10)7-6-18-13-4-5-17-14-8-11(16)2-3-12(13)14/h2-5,8,10H,6-7,9H2,1H3,(H,17,18)/t10-/m1/s1. The van der Waals surface area contributed by atoms with Gasteiger partial charge in [0, 0.05) is 35.4 Å². The van der Waals surface area contributed by atoms with Crippen LogP contribution in [-0.2, 0) is 4.74 Å². The smallest absolute Gasteiger partial charge is 0.410 e. The minimum Gasteiger partial charge on any atom is -0.445 e. The van der Waals surface area contributed by atoms with E-state index in [9.17, 15) is 4.79 Å². The molecule has 1 aliphatic rings. The van der Waals surface area contributed by atoms with E-state index < -0.39 is 0 Å². The fourth-order valence-corrected chi connectivity index (χ4v) is 2.62. The van der Waals surface area contributed by atoms with Crippen molar-refractivity contribution < 1.29 is 9.53 Å². The third-order valence-corrected chi connectivity index (χ3v) is 3.67. The molecule has 2 heterocycles. The number of ether oxygens (including phenoxy) is 1. The molecule has 1 aromatic heterocycles. The molecule has 6 heteroatoms. The molecule has 0 radical (unpaired) electrons. The second-order valence-corrected chi connectivity index (χ2v) is 5.52. The van der Waals surface area contributed by atoms with Crippen molar-refractivity contribution in [3.8, 4) is 0 Å². The number of halogens is 1. The summed E-state index contributed by atoms with van der Waals surface area (Å²) in [5.74, 6) is 0. The SMILES string of the molecule is C[C@@H]1CN(CCNc2ccnc3cc(Cl)ccc23)C(=O)O1. The summed E-state index contributed by atoms with van der Waals surface area (Å²) in [6.45, 7) is 3.81. The number of anilines is 1. The van der Waals surface area contributed by atoms with E-state index in [4.69, 9.17) is 16.3 Å². The van der Waals surface area contributed by atoms with E-state index in [2.05, 4.69) is 10.3 Å². The molecule has 0 unspecified atom stereocenters. The largest absolute Gasteiger partial charge is 0.445 e. The monoisotopic (exact) mass is 305 g/mol. The predicted octanol–water partition coefficient (Wildman–Crippen LogP) is 3.14. The molecule has 1 saturated heterocycles. The summed E-state index contributed by atoms with van der Waals surface area (Å²) in [4.78, 5) is 17.5. The predicted molar refractivity (Wildman–Crippen MR) is 82.8 cm³/mol. The molecule has 21 heavy (non-hydrogen) atoms. The van der Waals surface area contributed by atoms with Crippen LogP contribution in [0.3, 0.4) is 0 Å². The first-order chi connectivity index (χ1) is 10.1. The van der Waals surface area contributed by atoms with Crippen LogP contribution >= 0.6 is 11.6 Å². The maximum Gasteiger partial charge on any atom is 0.410 e. The maximum absolute atomic E-state index is 11.5. The van der Waals surface area contributed by atoms with Crippen LogP contribution in [0.2, 0.25) is 5.02 Å². The van der Waals surface area contributed by atoms with Crippen LogP contribution in [0.25, 0.3) is 10.9 Å². The third kappa shape index (κ3) is 3.03. The van der Waals surface area contributed by atoms with E-state index in [1.54, 1.807) is 11.1 Å². The summed E-state index contributed by atoms with van der Waals surface area (Å²) in [6.07, 6.45) is 1.48. The van der Waals surface area contributed by atoms with Crippen LogP contribution in [0.5, 0.6) is 0 Å². The van der Waals surface area contributed by atoms with Crippen LogP contribution < -0.4 is 5.32 Å². The summed E-state index contributed by atoms with van der Waals surface area (Å²) < 4.78 is 5.09. The molecule has 3 rings (SSSR count). The van der Waals surface area contributed by atoms with Crippen LogP contribution in [0.4, 0.5) is 10.5 Å². The molecule has 110 valence electrons. The van der Waals surface area contributed by atoms with Gasteiger partial charge in [0.25, 0.3) is 0 Å². The number of pyridine rings is 1. The third-order valence-electron chi connectivity index (χ3n) is 3.44. The van der Waals surface area contributed by atoms with Gasteiger partial charge in [0.05, 0.1) is 12.1 Å². The van der Waals surface area contributed by atoms with Crippen molar-refractivity contribution in [3.63, 3.8) is 0 Å². The Morgan fingerprint density at radius 3 is 3.10 bits per heavy atom. The highest BCUT2D eigenvalue weighted by atomic mass is 35.5. The summed E-state index contributed by atoms with van der Waals surface area (Å²) in [7, 11) is 0. The highest BCUT2D eigenvalue weighted by molar-refractivity contribution is 6.31. The fraction of sp³-hybridized carbons (Fsp3) is 0.333.